The van der Waals surface area contributed by atoms with E-state index >= 15 is 0 Å². The minimum atomic E-state index is -0.223. The number of amides is 1. The maximum Gasteiger partial charge on any atom is 0.291 e. The fourth-order valence-corrected chi connectivity index (χ4v) is 3.03. The van der Waals surface area contributed by atoms with Gasteiger partial charge in [-0.1, -0.05) is 13.8 Å². The summed E-state index contributed by atoms with van der Waals surface area (Å²) in [7, 11) is 0. The van der Waals surface area contributed by atoms with Gasteiger partial charge in [-0.25, -0.2) is 0 Å². The molecule has 130 valence electrons. The van der Waals surface area contributed by atoms with Gasteiger partial charge in [0.2, 0.25) is 5.82 Å². The summed E-state index contributed by atoms with van der Waals surface area (Å²) in [6.07, 6.45) is 2.94. The molecular weight excluding hydrogens is 324 g/mol. The molecule has 1 aliphatic rings. The lowest BCUT2D eigenvalue weighted by Gasteiger charge is -2.32. The first-order chi connectivity index (χ1) is 12.0. The van der Waals surface area contributed by atoms with E-state index < -0.39 is 0 Å². The Morgan fingerprint density at radius 1 is 1.28 bits per heavy atom. The first-order valence-corrected chi connectivity index (χ1v) is 8.05. The predicted octanol–water partition coefficient (Wildman–Crippen LogP) is 0.317. The van der Waals surface area contributed by atoms with Gasteiger partial charge in [0.15, 0.2) is 5.82 Å². The molecule has 3 aromatic heterocycles. The summed E-state index contributed by atoms with van der Waals surface area (Å²) >= 11 is 0. The first-order valence-electron chi connectivity index (χ1n) is 8.05. The number of fused-ring (bicyclic) bond motifs is 1. The van der Waals surface area contributed by atoms with E-state index in [9.17, 15) is 4.79 Å². The van der Waals surface area contributed by atoms with Gasteiger partial charge in [0.25, 0.3) is 11.9 Å². The minimum absolute atomic E-state index is 0.0975. The summed E-state index contributed by atoms with van der Waals surface area (Å²) in [5, 5.41) is 22.6. The molecule has 11 nitrogen and oxygen atoms in total. The number of carbonyl (C=O) groups is 1. The SMILES string of the molecule is CC(C)c1nnc2n1[C@@H](C)CN(C(=O)c1nc(-n3cnnc3)n[nH]1)C2. The van der Waals surface area contributed by atoms with Crippen molar-refractivity contribution < 1.29 is 4.79 Å². The van der Waals surface area contributed by atoms with Gasteiger partial charge in [-0.15, -0.1) is 25.5 Å². The Balaban J connectivity index is 1.57. The van der Waals surface area contributed by atoms with Gasteiger partial charge in [-0.3, -0.25) is 14.5 Å². The summed E-state index contributed by atoms with van der Waals surface area (Å²) in [5.41, 5.74) is 0. The van der Waals surface area contributed by atoms with Crippen LogP contribution in [0.15, 0.2) is 12.7 Å². The van der Waals surface area contributed by atoms with E-state index in [0.717, 1.165) is 11.6 Å². The molecule has 0 aliphatic carbocycles. The molecule has 0 spiro atoms. The zero-order chi connectivity index (χ0) is 17.6. The van der Waals surface area contributed by atoms with Gasteiger partial charge in [0.05, 0.1) is 12.6 Å². The van der Waals surface area contributed by atoms with Crippen molar-refractivity contribution in [3.8, 4) is 5.95 Å². The Kier molecular flexibility index (Phi) is 3.55. The van der Waals surface area contributed by atoms with Crippen LogP contribution >= 0.6 is 0 Å². The Labute approximate surface area is 143 Å². The molecule has 1 aliphatic heterocycles. The van der Waals surface area contributed by atoms with Crippen molar-refractivity contribution in [1.29, 1.82) is 0 Å². The maximum absolute atomic E-state index is 12.8. The molecule has 0 aromatic carbocycles. The summed E-state index contributed by atoms with van der Waals surface area (Å²) in [4.78, 5) is 18.7. The van der Waals surface area contributed by atoms with Crippen LogP contribution < -0.4 is 0 Å². The summed E-state index contributed by atoms with van der Waals surface area (Å²) in [6.45, 7) is 7.18. The molecule has 0 saturated heterocycles. The molecular formula is C14H18N10O. The van der Waals surface area contributed by atoms with E-state index in [0.29, 0.717) is 19.0 Å². The predicted molar refractivity (Wildman–Crippen MR) is 84.9 cm³/mol. The fourth-order valence-electron chi connectivity index (χ4n) is 3.03. The van der Waals surface area contributed by atoms with Gasteiger partial charge in [0, 0.05) is 12.5 Å². The van der Waals surface area contributed by atoms with Gasteiger partial charge in [-0.05, 0) is 6.92 Å². The zero-order valence-corrected chi connectivity index (χ0v) is 14.2. The number of H-pyrrole nitrogens is 1. The lowest BCUT2D eigenvalue weighted by Crippen LogP contribution is -2.41. The minimum Gasteiger partial charge on any atom is -0.326 e. The molecule has 0 radical (unpaired) electrons. The van der Waals surface area contributed by atoms with Crippen molar-refractivity contribution in [3.05, 3.63) is 30.1 Å². The normalized spacial score (nSPS) is 17.1. The van der Waals surface area contributed by atoms with E-state index in [1.54, 1.807) is 4.90 Å². The smallest absolute Gasteiger partial charge is 0.291 e. The Hall–Kier alpha value is -3.11. The maximum atomic E-state index is 12.8. The Morgan fingerprint density at radius 3 is 2.76 bits per heavy atom. The number of hydrogen-bond acceptors (Lipinski definition) is 7. The molecule has 1 amide bonds. The van der Waals surface area contributed by atoms with Crippen LogP contribution in [0.5, 0.6) is 0 Å². The van der Waals surface area contributed by atoms with Crippen LogP contribution in [-0.4, -0.2) is 62.1 Å². The van der Waals surface area contributed by atoms with Crippen molar-refractivity contribution in [2.24, 2.45) is 0 Å². The second-order valence-corrected chi connectivity index (χ2v) is 6.39. The van der Waals surface area contributed by atoms with E-state index in [-0.39, 0.29) is 23.7 Å². The van der Waals surface area contributed by atoms with Gasteiger partial charge in [0.1, 0.15) is 18.5 Å². The van der Waals surface area contributed by atoms with Crippen molar-refractivity contribution in [2.75, 3.05) is 6.54 Å². The van der Waals surface area contributed by atoms with Crippen LogP contribution in [0.3, 0.4) is 0 Å². The first kappa shape index (κ1) is 15.4. The number of nitrogens with one attached hydrogen (secondary N) is 1. The second-order valence-electron chi connectivity index (χ2n) is 6.39. The number of nitrogens with zero attached hydrogens (tertiary/aromatic N) is 9. The van der Waals surface area contributed by atoms with Crippen LogP contribution in [0, 0.1) is 0 Å². The van der Waals surface area contributed by atoms with E-state index in [1.807, 2.05) is 0 Å². The fraction of sp³-hybridized carbons (Fsp3) is 0.500. The molecule has 0 fully saturated rings. The second kappa shape index (κ2) is 5.76. The topological polar surface area (TPSA) is 123 Å². The van der Waals surface area contributed by atoms with Crippen LogP contribution in [0.2, 0.25) is 0 Å². The highest BCUT2D eigenvalue weighted by atomic mass is 16.2. The molecule has 1 N–H and O–H groups in total. The molecule has 0 saturated carbocycles. The van der Waals surface area contributed by atoms with Crippen molar-refractivity contribution >= 4 is 5.91 Å². The summed E-state index contributed by atoms with van der Waals surface area (Å²) < 4.78 is 3.65. The van der Waals surface area contributed by atoms with E-state index in [4.69, 9.17) is 0 Å². The lowest BCUT2D eigenvalue weighted by atomic mass is 10.1. The molecule has 25 heavy (non-hydrogen) atoms. The average Bonchev–Trinajstić information content (AvgIpc) is 3.32. The molecule has 3 aromatic rings. The summed E-state index contributed by atoms with van der Waals surface area (Å²) in [5.74, 6) is 2.29. The van der Waals surface area contributed by atoms with Gasteiger partial charge in [-0.2, -0.15) is 4.98 Å². The monoisotopic (exact) mass is 342 g/mol. The average molecular weight is 342 g/mol. The zero-order valence-electron chi connectivity index (χ0n) is 14.2. The van der Waals surface area contributed by atoms with Gasteiger partial charge >= 0.3 is 0 Å². The molecule has 0 bridgehead atoms. The third-order valence-corrected chi connectivity index (χ3v) is 4.18. The lowest BCUT2D eigenvalue weighted by molar-refractivity contribution is 0.0667. The molecule has 1 atom stereocenters. The van der Waals surface area contributed by atoms with Crippen LogP contribution in [0.1, 0.15) is 55.0 Å². The highest BCUT2D eigenvalue weighted by Crippen LogP contribution is 2.25. The Morgan fingerprint density at radius 2 is 2.04 bits per heavy atom. The number of hydrogen-bond donors (Lipinski definition) is 1. The molecule has 4 rings (SSSR count). The number of aromatic amines is 1. The molecule has 0 unspecified atom stereocenters. The highest BCUT2D eigenvalue weighted by molar-refractivity contribution is 5.90. The van der Waals surface area contributed by atoms with E-state index in [1.165, 1.54) is 17.2 Å². The summed E-state index contributed by atoms with van der Waals surface area (Å²) in [6, 6.07) is 0.0975. The van der Waals surface area contributed by atoms with Gasteiger partial charge < -0.3 is 9.47 Å². The number of carbonyl (C=O) groups excluding carboxylic acids is 1. The largest absolute Gasteiger partial charge is 0.326 e. The van der Waals surface area contributed by atoms with Crippen LogP contribution in [0.25, 0.3) is 5.95 Å². The number of rotatable bonds is 3. The number of aromatic nitrogens is 9. The quantitative estimate of drug-likeness (QED) is 0.727. The Bertz CT molecular complexity index is 893. The standard InChI is InChI=1S/C14H18N10O/c1-8(2)12-20-18-10-5-22(4-9(3)24(10)12)13(25)11-17-14(21-19-11)23-6-15-16-7-23/h6-9H,4-5H2,1-3H3,(H,17,19,21)/t9-/m0/s1. The van der Waals surface area contributed by atoms with Crippen LogP contribution in [-0.2, 0) is 6.54 Å². The highest BCUT2D eigenvalue weighted by Gasteiger charge is 2.31. The molecule has 11 heteroatoms. The third-order valence-electron chi connectivity index (χ3n) is 4.18. The van der Waals surface area contributed by atoms with E-state index in [2.05, 4.69) is 60.9 Å². The van der Waals surface area contributed by atoms with Crippen molar-refractivity contribution in [1.82, 2.24) is 49.6 Å². The van der Waals surface area contributed by atoms with Crippen molar-refractivity contribution in [2.45, 2.75) is 39.3 Å². The van der Waals surface area contributed by atoms with Crippen LogP contribution in [0.4, 0.5) is 0 Å². The molecule has 4 heterocycles. The van der Waals surface area contributed by atoms with Crippen molar-refractivity contribution in [3.63, 3.8) is 0 Å². The third kappa shape index (κ3) is 2.57.